The lowest BCUT2D eigenvalue weighted by Crippen LogP contribution is -2.31. The Morgan fingerprint density at radius 2 is 1.88 bits per heavy atom. The fraction of sp³-hybridized carbons (Fsp3) is 0.333. The van der Waals surface area contributed by atoms with Crippen molar-refractivity contribution < 1.29 is 14.3 Å². The molecule has 1 amide bonds. The number of carbonyl (C=O) groups excluding carboxylic acids is 2. The van der Waals surface area contributed by atoms with Crippen molar-refractivity contribution in [2.45, 2.75) is 20.8 Å². The Balaban J connectivity index is 2.29. The summed E-state index contributed by atoms with van der Waals surface area (Å²) in [7, 11) is 1.33. The van der Waals surface area contributed by atoms with Crippen LogP contribution in [0.2, 0.25) is 0 Å². The zero-order valence-corrected chi connectivity index (χ0v) is 14.9. The average Bonchev–Trinajstić information content (AvgIpc) is 2.61. The first-order valence-corrected chi connectivity index (χ1v) is 8.08. The summed E-state index contributed by atoms with van der Waals surface area (Å²) >= 11 is 0. The first-order chi connectivity index (χ1) is 12.0. The number of carbonyl (C=O) groups is 2. The Labute approximate surface area is 147 Å². The Morgan fingerprint density at radius 3 is 2.52 bits per heavy atom. The van der Waals surface area contributed by atoms with Crippen LogP contribution >= 0.6 is 0 Å². The smallest absolute Gasteiger partial charge is 0.337 e. The lowest BCUT2D eigenvalue weighted by Gasteiger charge is -2.18. The number of aryl methyl sites for hydroxylation is 1. The first-order valence-electron chi connectivity index (χ1n) is 8.08. The monoisotopic (exact) mass is 342 g/mol. The van der Waals surface area contributed by atoms with E-state index < -0.39 is 5.97 Å². The minimum Gasteiger partial charge on any atom is -0.465 e. The summed E-state index contributed by atoms with van der Waals surface area (Å²) in [5.74, 6) is 0.427. The molecule has 1 aromatic heterocycles. The highest BCUT2D eigenvalue weighted by molar-refractivity contribution is 5.93. The molecule has 1 N–H and O–H groups in total. The minimum absolute atomic E-state index is 0.137. The van der Waals surface area contributed by atoms with Gasteiger partial charge in [-0.25, -0.2) is 14.8 Å². The van der Waals surface area contributed by atoms with Crippen molar-refractivity contribution in [3.05, 3.63) is 47.4 Å². The Kier molecular flexibility index (Phi) is 6.05. The van der Waals surface area contributed by atoms with E-state index in [2.05, 4.69) is 15.3 Å². The second-order valence-electron chi connectivity index (χ2n) is 5.36. The number of methoxy groups -OCH3 is 1. The molecule has 0 radical (unpaired) electrons. The van der Waals surface area contributed by atoms with Gasteiger partial charge in [0.15, 0.2) is 0 Å². The summed E-state index contributed by atoms with van der Waals surface area (Å²) in [6, 6.07) is 8.48. The molecule has 1 heterocycles. The molecule has 0 spiro atoms. The molecule has 2 rings (SSSR count). The number of benzene rings is 1. The van der Waals surface area contributed by atoms with E-state index in [1.165, 1.54) is 7.11 Å². The van der Waals surface area contributed by atoms with Crippen LogP contribution in [0.25, 0.3) is 0 Å². The lowest BCUT2D eigenvalue weighted by molar-refractivity contribution is 0.0600. The van der Waals surface area contributed by atoms with Crippen LogP contribution in [0.3, 0.4) is 0 Å². The number of rotatable bonds is 6. The van der Waals surface area contributed by atoms with Gasteiger partial charge in [-0.15, -0.1) is 0 Å². The van der Waals surface area contributed by atoms with Crippen LogP contribution in [0.1, 0.15) is 40.5 Å². The number of nitrogens with zero attached hydrogens (tertiary/aromatic N) is 3. The molecule has 0 saturated carbocycles. The number of anilines is 2. The molecule has 25 heavy (non-hydrogen) atoms. The largest absolute Gasteiger partial charge is 0.465 e. The number of amides is 1. The SMILES string of the molecule is CCN(CC)C(=O)c1cc(Nc2cccc(C(=O)OC)c2)nc(C)n1. The van der Waals surface area contributed by atoms with Crippen LogP contribution in [-0.4, -0.2) is 46.9 Å². The van der Waals surface area contributed by atoms with Crippen molar-refractivity contribution in [2.24, 2.45) is 0 Å². The van der Waals surface area contributed by atoms with Crippen LogP contribution in [0.4, 0.5) is 11.5 Å². The summed E-state index contributed by atoms with van der Waals surface area (Å²) in [6.45, 7) is 6.81. The summed E-state index contributed by atoms with van der Waals surface area (Å²) < 4.78 is 4.72. The van der Waals surface area contributed by atoms with Crippen molar-refractivity contribution in [3.63, 3.8) is 0 Å². The molecular weight excluding hydrogens is 320 g/mol. The summed E-state index contributed by atoms with van der Waals surface area (Å²) in [5.41, 5.74) is 1.43. The van der Waals surface area contributed by atoms with Gasteiger partial charge in [-0.1, -0.05) is 6.07 Å². The Bertz CT molecular complexity index is 773. The molecule has 0 aliphatic heterocycles. The van der Waals surface area contributed by atoms with Crippen LogP contribution < -0.4 is 5.32 Å². The highest BCUT2D eigenvalue weighted by Crippen LogP contribution is 2.18. The third-order valence-electron chi connectivity index (χ3n) is 3.66. The number of hydrogen-bond donors (Lipinski definition) is 1. The molecule has 7 heteroatoms. The highest BCUT2D eigenvalue weighted by Gasteiger charge is 2.16. The molecule has 0 fully saturated rings. The molecule has 0 unspecified atom stereocenters. The topological polar surface area (TPSA) is 84.4 Å². The molecule has 0 atom stereocenters. The summed E-state index contributed by atoms with van der Waals surface area (Å²) in [6.07, 6.45) is 0. The van der Waals surface area contributed by atoms with E-state index in [9.17, 15) is 9.59 Å². The quantitative estimate of drug-likeness (QED) is 0.813. The normalized spacial score (nSPS) is 10.2. The van der Waals surface area contributed by atoms with Gasteiger partial charge in [-0.3, -0.25) is 4.79 Å². The minimum atomic E-state index is -0.417. The molecule has 2 aromatic rings. The van der Waals surface area contributed by atoms with Gasteiger partial charge in [0.25, 0.3) is 5.91 Å². The van der Waals surface area contributed by atoms with E-state index in [1.807, 2.05) is 13.8 Å². The third-order valence-corrected chi connectivity index (χ3v) is 3.66. The van der Waals surface area contributed by atoms with Gasteiger partial charge in [0.05, 0.1) is 12.7 Å². The van der Waals surface area contributed by atoms with Gasteiger partial charge in [0.2, 0.25) is 0 Å². The standard InChI is InChI=1S/C18H22N4O3/c1-5-22(6-2)17(23)15-11-16(20-12(3)19-15)21-14-9-7-8-13(10-14)18(24)25-4/h7-11H,5-6H2,1-4H3,(H,19,20,21). The van der Waals surface area contributed by atoms with E-state index in [0.717, 1.165) is 0 Å². The van der Waals surface area contributed by atoms with Gasteiger partial charge >= 0.3 is 5.97 Å². The molecule has 1 aromatic carbocycles. The van der Waals surface area contributed by atoms with Crippen molar-refractivity contribution in [3.8, 4) is 0 Å². The molecule has 7 nitrogen and oxygen atoms in total. The van der Waals surface area contributed by atoms with Gasteiger partial charge in [-0.2, -0.15) is 0 Å². The van der Waals surface area contributed by atoms with Gasteiger partial charge in [0, 0.05) is 24.8 Å². The molecule has 132 valence electrons. The first kappa shape index (κ1) is 18.4. The number of aromatic nitrogens is 2. The van der Waals surface area contributed by atoms with Crippen LogP contribution in [0, 0.1) is 6.92 Å². The van der Waals surface area contributed by atoms with Crippen molar-refractivity contribution in [1.29, 1.82) is 0 Å². The Morgan fingerprint density at radius 1 is 1.16 bits per heavy atom. The van der Waals surface area contributed by atoms with Crippen LogP contribution in [0.5, 0.6) is 0 Å². The van der Waals surface area contributed by atoms with Gasteiger partial charge < -0.3 is 15.0 Å². The second-order valence-corrected chi connectivity index (χ2v) is 5.36. The fourth-order valence-electron chi connectivity index (χ4n) is 2.40. The van der Waals surface area contributed by atoms with Gasteiger partial charge in [0.1, 0.15) is 17.3 Å². The zero-order chi connectivity index (χ0) is 18.4. The van der Waals surface area contributed by atoms with Crippen LogP contribution in [0.15, 0.2) is 30.3 Å². The highest BCUT2D eigenvalue weighted by atomic mass is 16.5. The predicted octanol–water partition coefficient (Wildman–Crippen LogP) is 2.80. The zero-order valence-electron chi connectivity index (χ0n) is 14.9. The molecule has 0 aliphatic rings. The lowest BCUT2D eigenvalue weighted by atomic mass is 10.2. The average molecular weight is 342 g/mol. The maximum Gasteiger partial charge on any atom is 0.337 e. The maximum absolute atomic E-state index is 12.5. The number of ether oxygens (including phenoxy) is 1. The van der Waals surface area contributed by atoms with E-state index in [1.54, 1.807) is 42.2 Å². The molecule has 0 saturated heterocycles. The van der Waals surface area contributed by atoms with E-state index in [0.29, 0.717) is 41.7 Å². The summed E-state index contributed by atoms with van der Waals surface area (Å²) in [4.78, 5) is 34.4. The van der Waals surface area contributed by atoms with Crippen molar-refractivity contribution >= 4 is 23.4 Å². The fourth-order valence-corrected chi connectivity index (χ4v) is 2.40. The number of hydrogen-bond acceptors (Lipinski definition) is 6. The van der Waals surface area contributed by atoms with Crippen molar-refractivity contribution in [2.75, 3.05) is 25.5 Å². The number of nitrogens with one attached hydrogen (secondary N) is 1. The van der Waals surface area contributed by atoms with E-state index in [4.69, 9.17) is 4.74 Å². The number of esters is 1. The molecular formula is C18H22N4O3. The molecule has 0 bridgehead atoms. The third kappa shape index (κ3) is 4.53. The second kappa shape index (κ2) is 8.23. The van der Waals surface area contributed by atoms with E-state index in [-0.39, 0.29) is 5.91 Å². The van der Waals surface area contributed by atoms with Crippen molar-refractivity contribution in [1.82, 2.24) is 14.9 Å². The maximum atomic E-state index is 12.5. The Hall–Kier alpha value is -2.96. The predicted molar refractivity (Wildman–Crippen MR) is 95.1 cm³/mol. The van der Waals surface area contributed by atoms with Crippen LogP contribution in [-0.2, 0) is 4.74 Å². The molecule has 0 aliphatic carbocycles. The summed E-state index contributed by atoms with van der Waals surface area (Å²) in [5, 5.41) is 3.10. The van der Waals surface area contributed by atoms with Gasteiger partial charge in [-0.05, 0) is 39.0 Å². The van der Waals surface area contributed by atoms with E-state index >= 15 is 0 Å².